The van der Waals surface area contributed by atoms with Gasteiger partial charge in [0.1, 0.15) is 33.4 Å². The van der Waals surface area contributed by atoms with E-state index in [4.69, 9.17) is 29.2 Å². The fourth-order valence-electron chi connectivity index (χ4n) is 10.2. The topological polar surface area (TPSA) is 332 Å². The van der Waals surface area contributed by atoms with Crippen molar-refractivity contribution in [2.75, 3.05) is 128 Å². The predicted octanol–water partition coefficient (Wildman–Crippen LogP) is 5.75. The van der Waals surface area contributed by atoms with Crippen molar-refractivity contribution in [3.05, 3.63) is 118 Å². The monoisotopic (exact) mass is 1380 g/mol. The van der Waals surface area contributed by atoms with Gasteiger partial charge in [-0.2, -0.15) is 16.8 Å². The lowest BCUT2D eigenvalue weighted by molar-refractivity contribution is 0.0527. The summed E-state index contributed by atoms with van der Waals surface area (Å²) in [5, 5.41) is 2.76. The fourth-order valence-corrected chi connectivity index (χ4v) is 13.3. The fraction of sp³-hybridized carbons (Fsp3) is 0.492. The normalized spacial score (nSPS) is 15.7. The van der Waals surface area contributed by atoms with Crippen molar-refractivity contribution in [2.45, 2.75) is 85.5 Å². The maximum Gasteiger partial charge on any atom is 0.407 e. The summed E-state index contributed by atoms with van der Waals surface area (Å²) in [4.78, 5) is 69.7. The van der Waals surface area contributed by atoms with Gasteiger partial charge in [-0.25, -0.2) is 19.7 Å². The highest BCUT2D eigenvalue weighted by atomic mass is 32.2. The number of nitrogens with one attached hydrogen (secondary N) is 1. The smallest absolute Gasteiger partial charge is 0.407 e. The Morgan fingerprint density at radius 2 is 0.935 bits per heavy atom. The summed E-state index contributed by atoms with van der Waals surface area (Å²) in [5.41, 5.74) is 4.78. The van der Waals surface area contributed by atoms with Gasteiger partial charge in [0.05, 0.1) is 54.2 Å². The minimum atomic E-state index is -4.17. The molecule has 6 rings (SSSR count). The zero-order valence-electron chi connectivity index (χ0n) is 54.5. The third kappa shape index (κ3) is 25.8. The number of nitrogens with zero attached hydrogens (tertiary/aromatic N) is 8. The molecule has 1 fully saturated rings. The van der Waals surface area contributed by atoms with E-state index >= 15 is 0 Å². The van der Waals surface area contributed by atoms with Crippen molar-refractivity contribution in [2.24, 2.45) is 0 Å². The molecule has 5 aromatic rings. The summed E-state index contributed by atoms with van der Waals surface area (Å²) < 4.78 is 122. The summed E-state index contributed by atoms with van der Waals surface area (Å²) >= 11 is 0. The van der Waals surface area contributed by atoms with Crippen LogP contribution in [-0.2, 0) is 64.7 Å². The summed E-state index contributed by atoms with van der Waals surface area (Å²) in [6.45, 7) is 18.1. The van der Waals surface area contributed by atoms with Gasteiger partial charge in [-0.15, -0.1) is 0 Å². The lowest BCUT2D eigenvalue weighted by atomic mass is 10.1. The first-order chi connectivity index (χ1) is 43.5. The number of amides is 1. The summed E-state index contributed by atoms with van der Waals surface area (Å²) in [7, 11) is -17.1. The van der Waals surface area contributed by atoms with Crippen LogP contribution in [0.1, 0.15) is 98.8 Å². The molecule has 1 aliphatic rings. The lowest BCUT2D eigenvalue weighted by Crippen LogP contribution is -2.36. The van der Waals surface area contributed by atoms with Crippen molar-refractivity contribution in [1.82, 2.24) is 35.0 Å². The number of aryl methyl sites for hydroxylation is 1. The Hall–Kier alpha value is -6.25. The van der Waals surface area contributed by atoms with Crippen LogP contribution in [0.25, 0.3) is 0 Å². The maximum absolute atomic E-state index is 13.5. The van der Waals surface area contributed by atoms with Crippen molar-refractivity contribution < 1.29 is 73.3 Å². The van der Waals surface area contributed by atoms with Gasteiger partial charge in [0.2, 0.25) is 22.1 Å². The van der Waals surface area contributed by atoms with Crippen molar-refractivity contribution in [3.8, 4) is 35.2 Å². The molecule has 30 heteroatoms. The van der Waals surface area contributed by atoms with E-state index < -0.39 is 65.5 Å². The van der Waals surface area contributed by atoms with Crippen LogP contribution in [0.2, 0.25) is 0 Å². The molecule has 1 saturated heterocycles. The van der Waals surface area contributed by atoms with Crippen LogP contribution in [0.5, 0.6) is 11.5 Å². The average Bonchev–Trinajstić information content (AvgIpc) is 1.18. The van der Waals surface area contributed by atoms with Crippen LogP contribution in [0.3, 0.4) is 0 Å². The van der Waals surface area contributed by atoms with E-state index in [1.165, 1.54) is 46.3 Å². The van der Waals surface area contributed by atoms with Crippen molar-refractivity contribution >= 4 is 76.1 Å². The van der Waals surface area contributed by atoms with Gasteiger partial charge in [-0.05, 0) is 139 Å². The largest absolute Gasteiger partial charge is 0.495 e. The Balaban J connectivity index is 1.35. The summed E-state index contributed by atoms with van der Waals surface area (Å²) in [6.07, 6.45) is 0.731. The van der Waals surface area contributed by atoms with E-state index in [0.29, 0.717) is 147 Å². The second-order valence-electron chi connectivity index (χ2n) is 23.9. The van der Waals surface area contributed by atoms with Crippen LogP contribution < -0.4 is 40.9 Å². The highest BCUT2D eigenvalue weighted by Crippen LogP contribution is 2.36. The standard InChI is InChI=1S/C63H88N9O16P3S2/c1-11-71(26-14-34-92(80,81)82)55-39-47(21-23-57(55)86-6)17-19-50-37-53(66-60(42-50)90(9,76)77)45-69-30-28-68(44-52-36-49(41-59(65-52)89(8,74)75)16-13-25-64-62(73)88-63(3,4)5)29-31-70(33-32-69)46-54-38-51(43-61(67-54)91(10,78)79)20-18-48-22-24-58(87-7)56(40-48)72(12-2)27-15-35-93(83,84)85/h21-24,36-43H,11-16,25-35,44-46H2,1-10H3,(H,64,73)(H,74,75)(H,76,77)(H,78,79)(H,80,81,82)(H,83,84,85). The number of ether oxygens (including phenoxy) is 3. The van der Waals surface area contributed by atoms with Gasteiger partial charge < -0.3 is 44.0 Å². The van der Waals surface area contributed by atoms with Crippen LogP contribution in [0.4, 0.5) is 16.2 Å². The Morgan fingerprint density at radius 1 is 0.570 bits per heavy atom. The van der Waals surface area contributed by atoms with Gasteiger partial charge in [0, 0.05) is 134 Å². The molecule has 3 unspecified atom stereocenters. The van der Waals surface area contributed by atoms with Gasteiger partial charge in [-0.3, -0.25) is 37.5 Å². The Morgan fingerprint density at radius 3 is 1.28 bits per heavy atom. The maximum atomic E-state index is 13.5. The molecule has 508 valence electrons. The molecule has 6 N–H and O–H groups in total. The van der Waals surface area contributed by atoms with Crippen molar-refractivity contribution in [3.63, 3.8) is 0 Å². The third-order valence-electron chi connectivity index (χ3n) is 14.8. The number of pyridine rings is 3. The number of carbonyl (C=O) groups is 1. The molecule has 0 saturated carbocycles. The predicted molar refractivity (Wildman–Crippen MR) is 363 cm³/mol. The number of carbonyl (C=O) groups excluding carboxylic acids is 1. The first kappa shape index (κ1) is 75.8. The molecular formula is C63H88N9O16P3S2. The van der Waals surface area contributed by atoms with Gasteiger partial charge in [-0.1, -0.05) is 23.7 Å². The third-order valence-corrected chi connectivity index (χ3v) is 19.6. The molecule has 0 spiro atoms. The van der Waals surface area contributed by atoms with Crippen LogP contribution in [0.15, 0.2) is 72.8 Å². The van der Waals surface area contributed by atoms with Gasteiger partial charge in [0.25, 0.3) is 20.2 Å². The van der Waals surface area contributed by atoms with E-state index in [2.05, 4.69) is 43.7 Å². The molecule has 0 bridgehead atoms. The number of benzene rings is 2. The quantitative estimate of drug-likeness (QED) is 0.0158. The Kier molecular flexibility index (Phi) is 27.2. The molecule has 2 aromatic carbocycles. The van der Waals surface area contributed by atoms with E-state index in [-0.39, 0.29) is 48.8 Å². The van der Waals surface area contributed by atoms with Gasteiger partial charge >= 0.3 is 6.09 Å². The number of anilines is 2. The summed E-state index contributed by atoms with van der Waals surface area (Å²) in [6, 6.07) is 20.6. The zero-order chi connectivity index (χ0) is 68.5. The number of hydrogen-bond donors (Lipinski definition) is 6. The van der Waals surface area contributed by atoms with E-state index in [0.717, 1.165) is 5.56 Å². The number of hydrogen-bond acceptors (Lipinski definition) is 19. The second kappa shape index (κ2) is 33.4. The summed E-state index contributed by atoms with van der Waals surface area (Å²) in [5.74, 6) is 12.9. The minimum Gasteiger partial charge on any atom is -0.495 e. The van der Waals surface area contributed by atoms with E-state index in [1.807, 2.05) is 29.7 Å². The molecule has 3 aromatic heterocycles. The van der Waals surface area contributed by atoms with Crippen LogP contribution in [0, 0.1) is 23.7 Å². The molecule has 93 heavy (non-hydrogen) atoms. The number of alkyl carbamates (subject to hydrolysis) is 1. The second-order valence-corrected chi connectivity index (χ2v) is 33.7. The lowest BCUT2D eigenvalue weighted by Gasteiger charge is -2.26. The number of methoxy groups -OCH3 is 2. The van der Waals surface area contributed by atoms with Gasteiger partial charge in [0.15, 0.2) is 0 Å². The molecule has 0 radical (unpaired) electrons. The van der Waals surface area contributed by atoms with E-state index in [9.17, 15) is 59.1 Å². The molecule has 4 heterocycles. The highest BCUT2D eigenvalue weighted by Gasteiger charge is 2.26. The molecule has 3 atom stereocenters. The Labute approximate surface area is 547 Å². The van der Waals surface area contributed by atoms with Crippen LogP contribution >= 0.6 is 22.1 Å². The van der Waals surface area contributed by atoms with Crippen LogP contribution in [-0.4, -0.2) is 200 Å². The Bertz CT molecular complexity index is 3750. The molecule has 0 aliphatic carbocycles. The molecule has 1 aliphatic heterocycles. The minimum absolute atomic E-state index is 0.0415. The first-order valence-corrected chi connectivity index (χ1v) is 39.9. The van der Waals surface area contributed by atoms with E-state index in [1.54, 1.807) is 75.4 Å². The number of aromatic nitrogens is 3. The SMILES string of the molecule is CCN(CCCS(=O)(=O)O)c1cc(C#Cc2cc(CN3CCN(Cc4cc(C#Cc5ccc(OC)c(N(CC)CCCS(=O)(=O)O)c5)cc(P(C)(=O)O)n4)CCN(Cc4cc(CCCNC(=O)OC(C)(C)C)cc(P(C)(=O)O)n4)CC3)nc(P(C)(=O)O)c2)ccc1OC. The van der Waals surface area contributed by atoms with Crippen molar-refractivity contribution in [1.29, 1.82) is 0 Å². The number of rotatable bonds is 27. The molecule has 1 amide bonds. The zero-order valence-corrected chi connectivity index (χ0v) is 58.8. The first-order valence-electron chi connectivity index (χ1n) is 30.4. The average molecular weight is 1380 g/mol. The molecular weight excluding hydrogens is 1300 g/mol. The molecule has 25 nitrogen and oxygen atoms in total. The highest BCUT2D eigenvalue weighted by molar-refractivity contribution is 7.86.